The summed E-state index contributed by atoms with van der Waals surface area (Å²) in [5, 5.41) is 0. The summed E-state index contributed by atoms with van der Waals surface area (Å²) in [5.41, 5.74) is 1.18. The highest BCUT2D eigenvalue weighted by Crippen LogP contribution is 2.33. The van der Waals surface area contributed by atoms with Gasteiger partial charge in [0.2, 0.25) is 0 Å². The van der Waals surface area contributed by atoms with Crippen molar-refractivity contribution in [3.8, 4) is 0 Å². The van der Waals surface area contributed by atoms with Crippen LogP contribution in [-0.2, 0) is 0 Å². The van der Waals surface area contributed by atoms with Crippen molar-refractivity contribution in [2.75, 3.05) is 0 Å². The number of hydrogen-bond donors (Lipinski definition) is 0. The Labute approximate surface area is 105 Å². The van der Waals surface area contributed by atoms with Crippen LogP contribution in [0, 0.1) is 10.8 Å². The Morgan fingerprint density at radius 2 is 1.31 bits per heavy atom. The molecule has 0 spiro atoms. The topological polar surface area (TPSA) is 0 Å². The molecule has 0 fully saturated rings. The first kappa shape index (κ1) is 16.1. The fourth-order valence-corrected chi connectivity index (χ4v) is 2.11. The summed E-state index contributed by atoms with van der Waals surface area (Å²) in [4.78, 5) is 0. The molecule has 16 heavy (non-hydrogen) atoms. The van der Waals surface area contributed by atoms with Gasteiger partial charge < -0.3 is 0 Å². The Balaban J connectivity index is 3.61. The maximum atomic E-state index is 2.45. The summed E-state index contributed by atoms with van der Waals surface area (Å²) in [5.74, 6) is 0. The Bertz CT molecular complexity index is 168. The van der Waals surface area contributed by atoms with E-state index >= 15 is 0 Å². The van der Waals surface area contributed by atoms with Crippen molar-refractivity contribution >= 4 is 7.85 Å². The molecule has 0 rings (SSSR count). The van der Waals surface area contributed by atoms with Gasteiger partial charge in [0, 0.05) is 0 Å². The van der Waals surface area contributed by atoms with Gasteiger partial charge in [-0.3, -0.25) is 0 Å². The summed E-state index contributed by atoms with van der Waals surface area (Å²) < 4.78 is 0. The fourth-order valence-electron chi connectivity index (χ4n) is 2.11. The molecule has 0 nitrogen and oxygen atoms in total. The predicted molar refractivity (Wildman–Crippen MR) is 78.9 cm³/mol. The zero-order valence-corrected chi connectivity index (χ0v) is 12.7. The summed E-state index contributed by atoms with van der Waals surface area (Å²) in [6.07, 6.45) is 11.1. The highest BCUT2D eigenvalue weighted by molar-refractivity contribution is 6.08. The third kappa shape index (κ3) is 6.61. The van der Waals surface area contributed by atoms with E-state index in [0.717, 1.165) is 0 Å². The molecular formula is C15H33B. The first-order chi connectivity index (χ1) is 7.39. The maximum Gasteiger partial charge on any atom is 0.102 e. The summed E-state index contributed by atoms with van der Waals surface area (Å²) >= 11 is 0. The van der Waals surface area contributed by atoms with Crippen molar-refractivity contribution < 1.29 is 0 Å². The molecule has 0 aromatic carbocycles. The van der Waals surface area contributed by atoms with Gasteiger partial charge in [-0.2, -0.15) is 0 Å². The van der Waals surface area contributed by atoms with Crippen LogP contribution in [0.2, 0.25) is 6.32 Å². The van der Waals surface area contributed by atoms with Gasteiger partial charge in [-0.1, -0.05) is 73.0 Å². The van der Waals surface area contributed by atoms with E-state index in [1.807, 2.05) is 0 Å². The molecule has 0 bridgehead atoms. The molecular weight excluding hydrogens is 191 g/mol. The van der Waals surface area contributed by atoms with E-state index in [0.29, 0.717) is 10.8 Å². The summed E-state index contributed by atoms with van der Waals surface area (Å²) in [7, 11) is 2.31. The van der Waals surface area contributed by atoms with Gasteiger partial charge in [0.25, 0.3) is 0 Å². The van der Waals surface area contributed by atoms with Crippen molar-refractivity contribution in [2.24, 2.45) is 10.8 Å². The molecule has 0 amide bonds. The van der Waals surface area contributed by atoms with Crippen LogP contribution in [0.25, 0.3) is 0 Å². The molecule has 0 saturated heterocycles. The van der Waals surface area contributed by atoms with Gasteiger partial charge in [-0.05, 0) is 23.7 Å². The van der Waals surface area contributed by atoms with Crippen molar-refractivity contribution in [2.45, 2.75) is 85.9 Å². The highest BCUT2D eigenvalue weighted by atomic mass is 14.2. The van der Waals surface area contributed by atoms with Crippen LogP contribution in [0.4, 0.5) is 0 Å². The lowest BCUT2D eigenvalue weighted by Crippen LogP contribution is -2.13. The van der Waals surface area contributed by atoms with Crippen LogP contribution in [0.5, 0.6) is 0 Å². The highest BCUT2D eigenvalue weighted by Gasteiger charge is 2.19. The molecule has 0 atom stereocenters. The van der Waals surface area contributed by atoms with Crippen molar-refractivity contribution in [3.05, 3.63) is 0 Å². The van der Waals surface area contributed by atoms with Crippen molar-refractivity contribution in [1.29, 1.82) is 0 Å². The third-order valence-corrected chi connectivity index (χ3v) is 4.80. The first-order valence-corrected chi connectivity index (χ1v) is 7.39. The zero-order chi connectivity index (χ0) is 12.7. The Hall–Kier alpha value is 0.0649. The van der Waals surface area contributed by atoms with E-state index in [9.17, 15) is 0 Å². The van der Waals surface area contributed by atoms with E-state index in [1.54, 1.807) is 0 Å². The second-order valence-electron chi connectivity index (χ2n) is 6.60. The smallest absolute Gasteiger partial charge is 0.0760 e. The second kappa shape index (κ2) is 7.40. The Morgan fingerprint density at radius 1 is 0.812 bits per heavy atom. The third-order valence-electron chi connectivity index (χ3n) is 4.80. The van der Waals surface area contributed by atoms with Gasteiger partial charge in [0.05, 0.1) is 0 Å². The van der Waals surface area contributed by atoms with Crippen molar-refractivity contribution in [3.63, 3.8) is 0 Å². The monoisotopic (exact) mass is 224 g/mol. The quantitative estimate of drug-likeness (QED) is 0.388. The molecule has 0 aromatic heterocycles. The van der Waals surface area contributed by atoms with Gasteiger partial charge in [0.15, 0.2) is 0 Å². The average Bonchev–Trinajstić information content (AvgIpc) is 2.28. The number of hydrogen-bond acceptors (Lipinski definition) is 0. The van der Waals surface area contributed by atoms with Crippen LogP contribution in [0.3, 0.4) is 0 Å². The lowest BCUT2D eigenvalue weighted by molar-refractivity contribution is 0.258. The number of unbranched alkanes of at least 4 members (excludes halogenated alkanes) is 2. The van der Waals surface area contributed by atoms with Gasteiger partial charge in [-0.25, -0.2) is 0 Å². The largest absolute Gasteiger partial charge is 0.102 e. The van der Waals surface area contributed by atoms with Crippen LogP contribution in [0.15, 0.2) is 0 Å². The summed E-state index contributed by atoms with van der Waals surface area (Å²) in [6, 6.07) is 0. The Morgan fingerprint density at radius 3 is 1.75 bits per heavy atom. The molecule has 0 radical (unpaired) electrons. The first-order valence-electron chi connectivity index (χ1n) is 7.39. The minimum atomic E-state index is 0.568. The standard InChI is InChI=1S/C15H33B/c1-6-15(5,7-2)12-10-8-9-11-14(3,4)13-16/h6-13,16H2,1-5H3. The molecule has 0 aliphatic heterocycles. The van der Waals surface area contributed by atoms with E-state index in [2.05, 4.69) is 42.5 Å². The lowest BCUT2D eigenvalue weighted by Gasteiger charge is -2.27. The molecule has 0 aliphatic rings. The molecule has 0 saturated carbocycles. The average molecular weight is 224 g/mol. The molecule has 1 heteroatoms. The number of rotatable bonds is 9. The van der Waals surface area contributed by atoms with Crippen LogP contribution < -0.4 is 0 Å². The van der Waals surface area contributed by atoms with Crippen molar-refractivity contribution in [1.82, 2.24) is 0 Å². The SMILES string of the molecule is BCC(C)(C)CCCCCC(C)(CC)CC. The van der Waals surface area contributed by atoms with E-state index in [-0.39, 0.29) is 0 Å². The van der Waals surface area contributed by atoms with E-state index in [1.165, 1.54) is 51.3 Å². The second-order valence-corrected chi connectivity index (χ2v) is 6.60. The molecule has 0 N–H and O–H groups in total. The van der Waals surface area contributed by atoms with Crippen LogP contribution in [0.1, 0.15) is 79.6 Å². The zero-order valence-electron chi connectivity index (χ0n) is 12.7. The molecule has 96 valence electrons. The van der Waals surface area contributed by atoms with Crippen LogP contribution in [-0.4, -0.2) is 7.85 Å². The fraction of sp³-hybridized carbons (Fsp3) is 1.00. The predicted octanol–water partition coefficient (Wildman–Crippen LogP) is 4.84. The Kier molecular flexibility index (Phi) is 7.43. The normalized spacial score (nSPS) is 13.1. The van der Waals surface area contributed by atoms with Gasteiger partial charge in [-0.15, -0.1) is 0 Å². The van der Waals surface area contributed by atoms with E-state index in [4.69, 9.17) is 0 Å². The minimum Gasteiger partial charge on any atom is -0.0760 e. The maximum absolute atomic E-state index is 2.45. The van der Waals surface area contributed by atoms with E-state index < -0.39 is 0 Å². The lowest BCUT2D eigenvalue weighted by atomic mass is 9.75. The van der Waals surface area contributed by atoms with Gasteiger partial charge in [0.1, 0.15) is 7.85 Å². The molecule has 0 aliphatic carbocycles. The molecule has 0 heterocycles. The molecule has 0 aromatic rings. The summed E-state index contributed by atoms with van der Waals surface area (Å²) in [6.45, 7) is 11.9. The van der Waals surface area contributed by atoms with Gasteiger partial charge >= 0.3 is 0 Å². The minimum absolute atomic E-state index is 0.568. The molecule has 0 unspecified atom stereocenters. The van der Waals surface area contributed by atoms with Crippen LogP contribution >= 0.6 is 0 Å².